The third kappa shape index (κ3) is 8.03. The van der Waals surface area contributed by atoms with E-state index in [9.17, 15) is 70.9 Å². The van der Waals surface area contributed by atoms with Crippen LogP contribution in [-0.2, 0) is 38.0 Å². The van der Waals surface area contributed by atoms with Gasteiger partial charge in [0.1, 0.15) is 73.2 Å². The fourth-order valence-corrected chi connectivity index (χ4v) is 14.9. The zero-order valence-electron chi connectivity index (χ0n) is 39.9. The summed E-state index contributed by atoms with van der Waals surface area (Å²) in [4.78, 5) is 28.6. The van der Waals surface area contributed by atoms with E-state index in [1.54, 1.807) is 0 Å². The van der Waals surface area contributed by atoms with Crippen molar-refractivity contribution in [2.45, 2.75) is 204 Å². The molecule has 20 nitrogen and oxygen atoms in total. The molecule has 24 unspecified atom stereocenters. The van der Waals surface area contributed by atoms with Crippen LogP contribution in [0.3, 0.4) is 0 Å². The van der Waals surface area contributed by atoms with Crippen LogP contribution < -0.4 is 0 Å². The van der Waals surface area contributed by atoms with Crippen LogP contribution in [0.5, 0.6) is 0 Å². The van der Waals surface area contributed by atoms with Gasteiger partial charge in [-0.25, -0.2) is 4.79 Å². The first kappa shape index (κ1) is 52.4. The number of aliphatic hydroxyl groups is 12. The van der Waals surface area contributed by atoms with E-state index >= 15 is 0 Å². The number of aliphatic hydroxyl groups excluding tert-OH is 12. The lowest BCUT2D eigenvalue weighted by atomic mass is 9.33. The molecule has 8 aliphatic rings. The summed E-state index contributed by atoms with van der Waals surface area (Å²) in [6, 6.07) is 0. The van der Waals surface area contributed by atoms with Gasteiger partial charge in [0.05, 0.1) is 25.2 Å². The van der Waals surface area contributed by atoms with Crippen LogP contribution in [0.25, 0.3) is 0 Å². The Morgan fingerprint density at radius 3 is 1.87 bits per heavy atom. The quantitative estimate of drug-likeness (QED) is 0.0938. The fourth-order valence-electron chi connectivity index (χ4n) is 14.9. The minimum Gasteiger partial charge on any atom is -0.460 e. The second-order valence-corrected chi connectivity index (χ2v) is 23.3. The van der Waals surface area contributed by atoms with E-state index in [0.29, 0.717) is 51.4 Å². The number of rotatable bonds is 9. The number of carbonyl (C=O) groups is 2. The zero-order chi connectivity index (χ0) is 49.8. The fraction of sp³-hybridized carbons (Fsp3) is 0.917. The van der Waals surface area contributed by atoms with Crippen LogP contribution in [0.1, 0.15) is 106 Å². The van der Waals surface area contributed by atoms with E-state index in [4.69, 9.17) is 28.4 Å². The Morgan fingerprint density at radius 2 is 1.25 bits per heavy atom. The van der Waals surface area contributed by atoms with Crippen molar-refractivity contribution in [3.8, 4) is 0 Å². The molecular formula is C48H76O20. The van der Waals surface area contributed by atoms with E-state index in [2.05, 4.69) is 40.7 Å². The summed E-state index contributed by atoms with van der Waals surface area (Å²) in [5.41, 5.74) is -1.78. The molecule has 24 atom stereocenters. The monoisotopic (exact) mass is 972 g/mol. The Labute approximate surface area is 396 Å². The largest absolute Gasteiger partial charge is 0.460 e. The maximum atomic E-state index is 14.6. The van der Waals surface area contributed by atoms with Crippen LogP contribution in [0.15, 0.2) is 11.6 Å². The van der Waals surface area contributed by atoms with Gasteiger partial charge in [0.25, 0.3) is 0 Å². The van der Waals surface area contributed by atoms with Gasteiger partial charge in [0.2, 0.25) is 6.29 Å². The predicted molar refractivity (Wildman–Crippen MR) is 232 cm³/mol. The first-order chi connectivity index (χ1) is 31.8. The standard InChI is InChI=1S/C48H76O20/c1-43(2)13-15-48(42(62)68-41-35(59)31(55)29(53)24(19-50)64-41)16-14-46(5)21(22(48)17-43)7-8-26-44(3)11-10-27(45(4,20-51)25(44)9-12-47(26,46)6)65-38(60)36-32(56)33(57)37(39(61)66-36)67-40-34(58)30(54)28(52)23(18-49)63-40/h7,22-37,39-41,49-59,61H,8-20H2,1-6H3. The van der Waals surface area contributed by atoms with Gasteiger partial charge < -0.3 is 89.7 Å². The molecule has 0 radical (unpaired) electrons. The summed E-state index contributed by atoms with van der Waals surface area (Å²) in [5, 5.41) is 126. The third-order valence-electron chi connectivity index (χ3n) is 19.4. The maximum absolute atomic E-state index is 14.6. The Morgan fingerprint density at radius 1 is 0.647 bits per heavy atom. The molecule has 0 aromatic carbocycles. The maximum Gasteiger partial charge on any atom is 0.338 e. The van der Waals surface area contributed by atoms with E-state index in [-0.39, 0.29) is 46.0 Å². The SMILES string of the molecule is CC1(C)CCC2(C(=O)OC3OC(CO)C(O)C(O)C3O)CCC3(C)C(=CCC4C5(C)CCC(OC(=O)C6OC(O)C(OC7OC(CO)C(O)C(O)C7O)C(O)C6O)C(C)(CO)C5CCC43C)C2C1. The highest BCUT2D eigenvalue weighted by molar-refractivity contribution is 5.79. The molecule has 3 aliphatic heterocycles. The normalized spacial score (nSPS) is 53.4. The summed E-state index contributed by atoms with van der Waals surface area (Å²) < 4.78 is 34.0. The van der Waals surface area contributed by atoms with E-state index in [0.717, 1.165) is 12.8 Å². The van der Waals surface area contributed by atoms with Crippen molar-refractivity contribution in [2.24, 2.45) is 50.2 Å². The summed E-state index contributed by atoms with van der Waals surface area (Å²) >= 11 is 0. The lowest BCUT2D eigenvalue weighted by molar-refractivity contribution is -0.359. The molecule has 0 amide bonds. The number of fused-ring (bicyclic) bond motifs is 7. The molecular weight excluding hydrogens is 897 g/mol. The van der Waals surface area contributed by atoms with Crippen molar-refractivity contribution in [1.29, 1.82) is 0 Å². The zero-order valence-corrected chi connectivity index (χ0v) is 39.9. The second kappa shape index (κ2) is 18.5. The highest BCUT2D eigenvalue weighted by Gasteiger charge is 2.71. The van der Waals surface area contributed by atoms with Gasteiger partial charge in [-0.3, -0.25) is 4.79 Å². The van der Waals surface area contributed by atoms with Gasteiger partial charge in [-0.15, -0.1) is 0 Å². The summed E-state index contributed by atoms with van der Waals surface area (Å²) in [6.07, 6.45) is -18.4. The topological polar surface area (TPSA) is 332 Å². The Balaban J connectivity index is 0.993. The van der Waals surface area contributed by atoms with Gasteiger partial charge in [-0.1, -0.05) is 53.2 Å². The van der Waals surface area contributed by atoms with E-state index < -0.39 is 134 Å². The van der Waals surface area contributed by atoms with E-state index in [1.165, 1.54) is 5.57 Å². The van der Waals surface area contributed by atoms with Crippen molar-refractivity contribution >= 4 is 11.9 Å². The third-order valence-corrected chi connectivity index (χ3v) is 19.4. The average molecular weight is 973 g/mol. The smallest absolute Gasteiger partial charge is 0.338 e. The van der Waals surface area contributed by atoms with Crippen molar-refractivity contribution in [3.05, 3.63) is 11.6 Å². The molecule has 0 spiro atoms. The molecule has 0 aromatic heterocycles. The Hall–Kier alpha value is -1.96. The van der Waals surface area contributed by atoms with Crippen molar-refractivity contribution < 1.29 is 99.3 Å². The molecule has 12 N–H and O–H groups in total. The number of allylic oxidation sites excluding steroid dienone is 2. The highest BCUT2D eigenvalue weighted by atomic mass is 16.7. The average Bonchev–Trinajstić information content (AvgIpc) is 3.29. The molecule has 3 heterocycles. The number of hydrogen-bond acceptors (Lipinski definition) is 20. The lowest BCUT2D eigenvalue weighted by Gasteiger charge is -2.71. The van der Waals surface area contributed by atoms with Crippen LogP contribution in [0, 0.1) is 50.2 Å². The first-order valence-corrected chi connectivity index (χ1v) is 24.5. The van der Waals surface area contributed by atoms with Crippen molar-refractivity contribution in [3.63, 3.8) is 0 Å². The molecule has 68 heavy (non-hydrogen) atoms. The van der Waals surface area contributed by atoms with E-state index in [1.807, 2.05) is 6.92 Å². The molecule has 20 heteroatoms. The molecule has 0 aromatic rings. The lowest BCUT2D eigenvalue weighted by Crippen LogP contribution is -2.67. The number of esters is 2. The minimum absolute atomic E-state index is 0.102. The Kier molecular flexibility index (Phi) is 14.3. The molecule has 8 rings (SSSR count). The second-order valence-electron chi connectivity index (χ2n) is 23.3. The van der Waals surface area contributed by atoms with Gasteiger partial charge in [0, 0.05) is 5.41 Å². The summed E-state index contributed by atoms with van der Waals surface area (Å²) in [6.45, 7) is 11.5. The van der Waals surface area contributed by atoms with Gasteiger partial charge in [-0.05, 0) is 104 Å². The minimum atomic E-state index is -2.07. The van der Waals surface area contributed by atoms with Gasteiger partial charge in [-0.2, -0.15) is 0 Å². The molecule has 3 saturated heterocycles. The van der Waals surface area contributed by atoms with Crippen molar-refractivity contribution in [1.82, 2.24) is 0 Å². The number of carbonyl (C=O) groups excluding carboxylic acids is 2. The highest BCUT2D eigenvalue weighted by Crippen LogP contribution is 2.76. The molecule has 7 fully saturated rings. The van der Waals surface area contributed by atoms with Crippen LogP contribution in [0.2, 0.25) is 0 Å². The van der Waals surface area contributed by atoms with Crippen LogP contribution in [0.4, 0.5) is 0 Å². The van der Waals surface area contributed by atoms with Crippen LogP contribution in [-0.4, -0.2) is 191 Å². The van der Waals surface area contributed by atoms with Gasteiger partial charge in [0.15, 0.2) is 18.7 Å². The predicted octanol–water partition coefficient (Wildman–Crippen LogP) is -1.36. The molecule has 5 aliphatic carbocycles. The molecule has 388 valence electrons. The summed E-state index contributed by atoms with van der Waals surface area (Å²) in [5.74, 6) is -1.84. The molecule has 4 saturated carbocycles. The van der Waals surface area contributed by atoms with Gasteiger partial charge >= 0.3 is 11.9 Å². The van der Waals surface area contributed by atoms with Crippen LogP contribution >= 0.6 is 0 Å². The summed E-state index contributed by atoms with van der Waals surface area (Å²) in [7, 11) is 0. The number of hydrogen-bond donors (Lipinski definition) is 12. The van der Waals surface area contributed by atoms with Crippen molar-refractivity contribution in [2.75, 3.05) is 19.8 Å². The first-order valence-electron chi connectivity index (χ1n) is 24.5. The number of ether oxygens (including phenoxy) is 6. The molecule has 0 bridgehead atoms. The Bertz CT molecular complexity index is 1900.